The number of benzene rings is 2. The van der Waals surface area contributed by atoms with Gasteiger partial charge in [-0.25, -0.2) is 14.6 Å². The van der Waals surface area contributed by atoms with E-state index in [0.717, 1.165) is 0 Å². The van der Waals surface area contributed by atoms with Crippen LogP contribution in [0.15, 0.2) is 54.6 Å². The van der Waals surface area contributed by atoms with Gasteiger partial charge >= 0.3 is 12.0 Å². The Balaban J connectivity index is 1.93. The maximum Gasteiger partial charge on any atom is 0.339 e. The highest BCUT2D eigenvalue weighted by molar-refractivity contribution is 6.33. The van der Waals surface area contributed by atoms with Crippen molar-refractivity contribution in [3.8, 4) is 11.3 Å². The monoisotopic (exact) mass is 397 g/mol. The number of urea groups is 1. The van der Waals surface area contributed by atoms with Crippen LogP contribution in [-0.4, -0.2) is 36.5 Å². The van der Waals surface area contributed by atoms with Gasteiger partial charge in [0, 0.05) is 23.0 Å². The minimum absolute atomic E-state index is 0.244. The van der Waals surface area contributed by atoms with Crippen molar-refractivity contribution in [1.29, 1.82) is 0 Å². The second-order valence-electron chi connectivity index (χ2n) is 5.76. The maximum atomic E-state index is 12.6. The largest absolute Gasteiger partial charge is 0.452 e. The van der Waals surface area contributed by atoms with Crippen molar-refractivity contribution in [3.05, 3.63) is 65.2 Å². The zero-order valence-electron chi connectivity index (χ0n) is 14.9. The number of nitrogens with one attached hydrogen (secondary N) is 2. The van der Waals surface area contributed by atoms with Crippen molar-refractivity contribution in [1.82, 2.24) is 15.6 Å². The quantitative estimate of drug-likeness (QED) is 0.659. The summed E-state index contributed by atoms with van der Waals surface area (Å²) in [6, 6.07) is 15.1. The molecular formula is C20H16ClN3O4. The fourth-order valence-corrected chi connectivity index (χ4v) is 2.82. The van der Waals surface area contributed by atoms with E-state index in [9.17, 15) is 14.4 Å². The Morgan fingerprint density at radius 3 is 2.54 bits per heavy atom. The zero-order valence-corrected chi connectivity index (χ0v) is 15.6. The van der Waals surface area contributed by atoms with Crippen LogP contribution < -0.4 is 10.6 Å². The third kappa shape index (κ3) is 4.27. The second-order valence-corrected chi connectivity index (χ2v) is 6.16. The number of carbonyl (C=O) groups is 3. The molecule has 0 saturated heterocycles. The molecule has 142 valence electrons. The lowest BCUT2D eigenvalue weighted by molar-refractivity contribution is -0.123. The predicted octanol–water partition coefficient (Wildman–Crippen LogP) is 3.17. The van der Waals surface area contributed by atoms with Gasteiger partial charge in [-0.2, -0.15) is 0 Å². The van der Waals surface area contributed by atoms with Crippen molar-refractivity contribution in [2.24, 2.45) is 0 Å². The van der Waals surface area contributed by atoms with Crippen LogP contribution in [0.25, 0.3) is 22.2 Å². The smallest absolute Gasteiger partial charge is 0.339 e. The topological polar surface area (TPSA) is 97.4 Å². The molecule has 0 spiro atoms. The van der Waals surface area contributed by atoms with Crippen LogP contribution >= 0.6 is 11.6 Å². The number of imide groups is 1. The van der Waals surface area contributed by atoms with Crippen molar-refractivity contribution >= 4 is 40.4 Å². The number of para-hydroxylation sites is 1. The fraction of sp³-hybridized carbons (Fsp3) is 0.100. The van der Waals surface area contributed by atoms with Gasteiger partial charge < -0.3 is 10.1 Å². The molecule has 0 radical (unpaired) electrons. The Labute approximate surface area is 165 Å². The molecule has 1 aromatic heterocycles. The highest BCUT2D eigenvalue weighted by atomic mass is 35.5. The molecule has 7 nitrogen and oxygen atoms in total. The molecule has 0 unspecified atom stereocenters. The molecule has 8 heteroatoms. The van der Waals surface area contributed by atoms with E-state index in [1.807, 2.05) is 11.4 Å². The summed E-state index contributed by atoms with van der Waals surface area (Å²) in [7, 11) is 1.37. The minimum atomic E-state index is -0.739. The van der Waals surface area contributed by atoms with Gasteiger partial charge in [-0.3, -0.25) is 10.1 Å². The molecule has 0 aliphatic rings. The van der Waals surface area contributed by atoms with E-state index in [1.165, 1.54) is 7.05 Å². The van der Waals surface area contributed by atoms with Gasteiger partial charge in [0.05, 0.1) is 16.8 Å². The molecular weight excluding hydrogens is 382 g/mol. The van der Waals surface area contributed by atoms with Crippen LogP contribution in [0, 0.1) is 0 Å². The van der Waals surface area contributed by atoms with Crippen molar-refractivity contribution < 1.29 is 19.1 Å². The Kier molecular flexibility index (Phi) is 5.86. The van der Waals surface area contributed by atoms with E-state index < -0.39 is 24.5 Å². The van der Waals surface area contributed by atoms with Gasteiger partial charge in [0.25, 0.3) is 5.91 Å². The summed E-state index contributed by atoms with van der Waals surface area (Å²) in [5.74, 6) is -1.45. The Morgan fingerprint density at radius 1 is 1.07 bits per heavy atom. The molecule has 0 aliphatic heterocycles. The number of aromatic nitrogens is 1. The third-order valence-corrected chi connectivity index (χ3v) is 4.23. The SMILES string of the molecule is CNC(=O)NC(=O)COC(=O)c1cc(-c2ccccc2Cl)nc2ccccc12. The maximum absolute atomic E-state index is 12.6. The number of halogens is 1. The lowest BCUT2D eigenvalue weighted by Gasteiger charge is -2.11. The van der Waals surface area contributed by atoms with Gasteiger partial charge in [-0.15, -0.1) is 0 Å². The van der Waals surface area contributed by atoms with Crippen molar-refractivity contribution in [2.75, 3.05) is 13.7 Å². The van der Waals surface area contributed by atoms with Crippen LogP contribution in [0.1, 0.15) is 10.4 Å². The summed E-state index contributed by atoms with van der Waals surface area (Å²) >= 11 is 6.26. The normalized spacial score (nSPS) is 10.4. The van der Waals surface area contributed by atoms with Crippen LogP contribution in [0.3, 0.4) is 0 Å². The van der Waals surface area contributed by atoms with Gasteiger partial charge in [-0.1, -0.05) is 48.0 Å². The van der Waals surface area contributed by atoms with Crippen LogP contribution in [0.5, 0.6) is 0 Å². The number of carbonyl (C=O) groups excluding carboxylic acids is 3. The van der Waals surface area contributed by atoms with Crippen LogP contribution in [0.4, 0.5) is 4.79 Å². The Hall–Kier alpha value is -3.45. The number of esters is 1. The predicted molar refractivity (Wildman–Crippen MR) is 105 cm³/mol. The molecule has 2 N–H and O–H groups in total. The van der Waals surface area contributed by atoms with Gasteiger partial charge in [-0.05, 0) is 18.2 Å². The summed E-state index contributed by atoms with van der Waals surface area (Å²) in [5, 5.41) is 5.33. The molecule has 0 atom stereocenters. The molecule has 2 aromatic carbocycles. The number of nitrogens with zero attached hydrogens (tertiary/aromatic N) is 1. The number of hydrogen-bond donors (Lipinski definition) is 2. The highest BCUT2D eigenvalue weighted by Gasteiger charge is 2.17. The van der Waals surface area contributed by atoms with E-state index in [2.05, 4.69) is 10.3 Å². The Bertz CT molecular complexity index is 1070. The average molecular weight is 398 g/mol. The molecule has 0 bridgehead atoms. The van der Waals surface area contributed by atoms with Gasteiger partial charge in [0.1, 0.15) is 0 Å². The first-order valence-corrected chi connectivity index (χ1v) is 8.70. The number of pyridine rings is 1. The summed E-state index contributed by atoms with van der Waals surface area (Å²) in [6.07, 6.45) is 0. The lowest BCUT2D eigenvalue weighted by atomic mass is 10.0. The first-order chi connectivity index (χ1) is 13.5. The molecule has 3 aromatic rings. The molecule has 0 fully saturated rings. The second kappa shape index (κ2) is 8.49. The summed E-state index contributed by atoms with van der Waals surface area (Å²) in [5.41, 5.74) is 2.00. The van der Waals surface area contributed by atoms with E-state index >= 15 is 0 Å². The first-order valence-electron chi connectivity index (χ1n) is 8.33. The molecule has 28 heavy (non-hydrogen) atoms. The minimum Gasteiger partial charge on any atom is -0.452 e. The van der Waals surface area contributed by atoms with Crippen molar-refractivity contribution in [3.63, 3.8) is 0 Å². The summed E-state index contributed by atoms with van der Waals surface area (Å²) in [4.78, 5) is 40.0. The summed E-state index contributed by atoms with van der Waals surface area (Å²) < 4.78 is 5.07. The fourth-order valence-electron chi connectivity index (χ4n) is 2.59. The van der Waals surface area contributed by atoms with Gasteiger partial charge in [0.15, 0.2) is 6.61 Å². The van der Waals surface area contributed by atoms with E-state index in [1.54, 1.807) is 48.5 Å². The number of amides is 3. The lowest BCUT2D eigenvalue weighted by Crippen LogP contribution is -2.39. The zero-order chi connectivity index (χ0) is 20.1. The third-order valence-electron chi connectivity index (χ3n) is 3.90. The number of rotatable bonds is 4. The molecule has 3 amide bonds. The molecule has 0 aliphatic carbocycles. The molecule has 3 rings (SSSR count). The summed E-state index contributed by atoms with van der Waals surface area (Å²) in [6.45, 7) is -0.593. The van der Waals surface area contributed by atoms with E-state index in [4.69, 9.17) is 16.3 Å². The van der Waals surface area contributed by atoms with Crippen LogP contribution in [-0.2, 0) is 9.53 Å². The number of hydrogen-bond acceptors (Lipinski definition) is 5. The van der Waals surface area contributed by atoms with Crippen LogP contribution in [0.2, 0.25) is 5.02 Å². The standard InChI is InChI=1S/C20H16ClN3O4/c1-22-20(27)24-18(25)11-28-19(26)14-10-17(13-7-2-4-8-15(13)21)23-16-9-5-3-6-12(14)16/h2-10H,11H2,1H3,(H2,22,24,25,27). The number of ether oxygens (including phenoxy) is 1. The number of fused-ring (bicyclic) bond motifs is 1. The first kappa shape index (κ1) is 19.3. The van der Waals surface area contributed by atoms with E-state index in [-0.39, 0.29) is 5.56 Å². The van der Waals surface area contributed by atoms with Gasteiger partial charge in [0.2, 0.25) is 0 Å². The van der Waals surface area contributed by atoms with Crippen molar-refractivity contribution in [2.45, 2.75) is 0 Å². The Morgan fingerprint density at radius 2 is 1.79 bits per heavy atom. The molecule has 0 saturated carbocycles. The molecule has 1 heterocycles. The average Bonchev–Trinajstić information content (AvgIpc) is 2.71. The highest BCUT2D eigenvalue weighted by Crippen LogP contribution is 2.30. The van der Waals surface area contributed by atoms with E-state index in [0.29, 0.717) is 27.2 Å².